The first-order chi connectivity index (χ1) is 13.4. The number of fused-ring (bicyclic) bond motifs is 1. The average Bonchev–Trinajstić information content (AvgIpc) is 2.69. The molecule has 1 atom stereocenters. The third-order valence-corrected chi connectivity index (χ3v) is 5.58. The van der Waals surface area contributed by atoms with E-state index in [1.165, 1.54) is 6.26 Å². The molecule has 2 amide bonds. The van der Waals surface area contributed by atoms with E-state index in [0.29, 0.717) is 37.7 Å². The molecule has 2 aromatic carbocycles. The summed E-state index contributed by atoms with van der Waals surface area (Å²) in [4.78, 5) is 14.4. The van der Waals surface area contributed by atoms with Crippen molar-refractivity contribution in [3.05, 3.63) is 54.1 Å². The molecule has 8 heteroatoms. The zero-order valence-corrected chi connectivity index (χ0v) is 16.7. The number of hydrogen-bond donors (Lipinski definition) is 1. The summed E-state index contributed by atoms with van der Waals surface area (Å²) in [6.45, 7) is 3.53. The highest BCUT2D eigenvalue weighted by Gasteiger charge is 2.24. The van der Waals surface area contributed by atoms with E-state index in [0.717, 1.165) is 5.56 Å². The maximum atomic E-state index is 12.5. The molecule has 0 bridgehead atoms. The molecule has 3 rings (SSSR count). The van der Waals surface area contributed by atoms with Gasteiger partial charge >= 0.3 is 6.03 Å². The monoisotopic (exact) mass is 404 g/mol. The highest BCUT2D eigenvalue weighted by molar-refractivity contribution is 7.90. The number of nitrogens with one attached hydrogen (secondary N) is 1. The van der Waals surface area contributed by atoms with E-state index >= 15 is 0 Å². The van der Waals surface area contributed by atoms with E-state index in [2.05, 4.69) is 5.32 Å². The summed E-state index contributed by atoms with van der Waals surface area (Å²) in [5, 5.41) is 2.86. The first kappa shape index (κ1) is 20.0. The van der Waals surface area contributed by atoms with Crippen molar-refractivity contribution in [1.82, 2.24) is 10.2 Å². The number of rotatable bonds is 6. The third kappa shape index (κ3) is 4.95. The molecule has 0 aromatic heterocycles. The van der Waals surface area contributed by atoms with Gasteiger partial charge in [-0.25, -0.2) is 13.2 Å². The number of ether oxygens (including phenoxy) is 2. The number of likely N-dealkylation sites (N-methyl/N-ethyl adjacent to an activating group) is 1. The predicted octanol–water partition coefficient (Wildman–Crippen LogP) is 2.46. The molecular weight excluding hydrogens is 380 g/mol. The van der Waals surface area contributed by atoms with Gasteiger partial charge in [0, 0.05) is 19.3 Å². The van der Waals surface area contributed by atoms with E-state index in [1.807, 2.05) is 31.2 Å². The van der Waals surface area contributed by atoms with Gasteiger partial charge in [-0.2, -0.15) is 0 Å². The van der Waals surface area contributed by atoms with Gasteiger partial charge in [-0.05, 0) is 36.8 Å². The van der Waals surface area contributed by atoms with E-state index < -0.39 is 9.84 Å². The van der Waals surface area contributed by atoms with Gasteiger partial charge in [-0.15, -0.1) is 0 Å². The number of nitrogens with zero attached hydrogens (tertiary/aromatic N) is 1. The second-order valence-electron chi connectivity index (χ2n) is 6.61. The van der Waals surface area contributed by atoms with E-state index in [-0.39, 0.29) is 17.0 Å². The number of carbonyl (C=O) groups is 1. The minimum atomic E-state index is -3.23. The average molecular weight is 404 g/mol. The molecule has 2 aromatic rings. The SMILES string of the molecule is CCN(C[C@@H]1COc2ccccc2O1)C(=O)NCc1ccc(S(C)(=O)=O)cc1. The second kappa shape index (κ2) is 8.52. The lowest BCUT2D eigenvalue weighted by atomic mass is 10.2. The Labute approximate surface area is 165 Å². The summed E-state index contributed by atoms with van der Waals surface area (Å²) in [5.41, 5.74) is 0.822. The molecule has 1 aliphatic heterocycles. The van der Waals surface area contributed by atoms with Gasteiger partial charge in [-0.1, -0.05) is 24.3 Å². The van der Waals surface area contributed by atoms with Gasteiger partial charge in [0.05, 0.1) is 11.4 Å². The van der Waals surface area contributed by atoms with Crippen molar-refractivity contribution in [2.75, 3.05) is 26.0 Å². The molecule has 1 heterocycles. The van der Waals surface area contributed by atoms with Crippen molar-refractivity contribution >= 4 is 15.9 Å². The van der Waals surface area contributed by atoms with Crippen molar-refractivity contribution in [2.45, 2.75) is 24.5 Å². The van der Waals surface area contributed by atoms with Gasteiger partial charge in [0.15, 0.2) is 27.4 Å². The van der Waals surface area contributed by atoms with Gasteiger partial charge < -0.3 is 19.7 Å². The van der Waals surface area contributed by atoms with Crippen LogP contribution in [0, 0.1) is 0 Å². The van der Waals surface area contributed by atoms with Crippen LogP contribution in [0.3, 0.4) is 0 Å². The summed E-state index contributed by atoms with van der Waals surface area (Å²) in [7, 11) is -3.23. The lowest BCUT2D eigenvalue weighted by Gasteiger charge is -2.31. The molecule has 1 aliphatic rings. The normalized spacial score (nSPS) is 15.7. The van der Waals surface area contributed by atoms with E-state index in [1.54, 1.807) is 29.2 Å². The standard InChI is InChI=1S/C20H24N2O5S/c1-3-22(13-16-14-26-18-6-4-5-7-19(18)27-16)20(23)21-12-15-8-10-17(11-9-15)28(2,24)25/h4-11,16H,3,12-14H2,1-2H3,(H,21,23)/t16-/m1/s1. The highest BCUT2D eigenvalue weighted by Crippen LogP contribution is 2.31. The highest BCUT2D eigenvalue weighted by atomic mass is 32.2. The molecule has 0 saturated carbocycles. The van der Waals surface area contributed by atoms with Crippen LogP contribution in [0.5, 0.6) is 11.5 Å². The first-order valence-electron chi connectivity index (χ1n) is 9.07. The largest absolute Gasteiger partial charge is 0.486 e. The van der Waals surface area contributed by atoms with Crippen LogP contribution in [-0.4, -0.2) is 51.4 Å². The fraction of sp³-hybridized carbons (Fsp3) is 0.350. The number of para-hydroxylation sites is 2. The molecule has 0 unspecified atom stereocenters. The molecule has 0 saturated heterocycles. The Bertz CT molecular complexity index is 928. The van der Waals surface area contributed by atoms with Crippen molar-refractivity contribution in [2.24, 2.45) is 0 Å². The summed E-state index contributed by atoms with van der Waals surface area (Å²) >= 11 is 0. The maximum Gasteiger partial charge on any atom is 0.317 e. The molecule has 7 nitrogen and oxygen atoms in total. The second-order valence-corrected chi connectivity index (χ2v) is 8.63. The number of amides is 2. The van der Waals surface area contributed by atoms with Gasteiger partial charge in [0.1, 0.15) is 6.61 Å². The van der Waals surface area contributed by atoms with Crippen LogP contribution in [0.25, 0.3) is 0 Å². The lowest BCUT2D eigenvalue weighted by molar-refractivity contribution is 0.0675. The molecular formula is C20H24N2O5S. The Balaban J connectivity index is 1.54. The Kier molecular flexibility index (Phi) is 6.08. The van der Waals surface area contributed by atoms with E-state index in [9.17, 15) is 13.2 Å². The summed E-state index contributed by atoms with van der Waals surface area (Å²) in [5.74, 6) is 1.39. The minimum Gasteiger partial charge on any atom is -0.486 e. The van der Waals surface area contributed by atoms with Crippen LogP contribution in [0.1, 0.15) is 12.5 Å². The van der Waals surface area contributed by atoms with Crippen molar-refractivity contribution < 1.29 is 22.7 Å². The van der Waals surface area contributed by atoms with Crippen molar-refractivity contribution in [3.63, 3.8) is 0 Å². The molecule has 28 heavy (non-hydrogen) atoms. The van der Waals surface area contributed by atoms with Gasteiger partial charge in [0.2, 0.25) is 0 Å². The maximum absolute atomic E-state index is 12.5. The first-order valence-corrected chi connectivity index (χ1v) is 11.0. The van der Waals surface area contributed by atoms with Gasteiger partial charge in [0.25, 0.3) is 0 Å². The summed E-state index contributed by atoms with van der Waals surface area (Å²) in [6.07, 6.45) is 0.924. The minimum absolute atomic E-state index is 0.211. The van der Waals surface area contributed by atoms with Crippen LogP contribution < -0.4 is 14.8 Å². The van der Waals surface area contributed by atoms with Crippen LogP contribution in [0.4, 0.5) is 4.79 Å². The zero-order chi connectivity index (χ0) is 20.1. The molecule has 1 N–H and O–H groups in total. The summed E-state index contributed by atoms with van der Waals surface area (Å²) in [6, 6.07) is 13.7. The van der Waals surface area contributed by atoms with Crippen LogP contribution in [-0.2, 0) is 16.4 Å². The predicted molar refractivity (Wildman–Crippen MR) is 105 cm³/mol. The lowest BCUT2D eigenvalue weighted by Crippen LogP contribution is -2.47. The zero-order valence-electron chi connectivity index (χ0n) is 15.9. The molecule has 0 aliphatic carbocycles. The topological polar surface area (TPSA) is 84.9 Å². The molecule has 0 spiro atoms. The van der Waals surface area contributed by atoms with Crippen LogP contribution in [0.2, 0.25) is 0 Å². The molecule has 150 valence electrons. The smallest absolute Gasteiger partial charge is 0.317 e. The van der Waals surface area contributed by atoms with Crippen LogP contribution >= 0.6 is 0 Å². The Hall–Kier alpha value is -2.74. The Morgan fingerprint density at radius 2 is 1.82 bits per heavy atom. The summed E-state index contributed by atoms with van der Waals surface area (Å²) < 4.78 is 34.6. The number of benzene rings is 2. The number of urea groups is 1. The number of hydrogen-bond acceptors (Lipinski definition) is 5. The third-order valence-electron chi connectivity index (χ3n) is 4.46. The fourth-order valence-electron chi connectivity index (χ4n) is 2.90. The molecule has 0 fully saturated rings. The molecule has 0 radical (unpaired) electrons. The van der Waals surface area contributed by atoms with E-state index in [4.69, 9.17) is 9.47 Å². The quantitative estimate of drug-likeness (QED) is 0.799. The Morgan fingerprint density at radius 1 is 1.14 bits per heavy atom. The fourth-order valence-corrected chi connectivity index (χ4v) is 3.53. The van der Waals surface area contributed by atoms with Crippen molar-refractivity contribution in [3.8, 4) is 11.5 Å². The Morgan fingerprint density at radius 3 is 2.46 bits per heavy atom. The number of carbonyl (C=O) groups excluding carboxylic acids is 1. The van der Waals surface area contributed by atoms with Gasteiger partial charge in [-0.3, -0.25) is 0 Å². The van der Waals surface area contributed by atoms with Crippen LogP contribution in [0.15, 0.2) is 53.4 Å². The number of sulfone groups is 1. The van der Waals surface area contributed by atoms with Crippen molar-refractivity contribution in [1.29, 1.82) is 0 Å².